The van der Waals surface area contributed by atoms with Crippen molar-refractivity contribution in [2.75, 3.05) is 6.61 Å². The number of alkyl carbamates (subject to hydrolysis) is 1. The lowest BCUT2D eigenvalue weighted by Crippen LogP contribution is -2.47. The average Bonchev–Trinajstić information content (AvgIpc) is 1.85. The minimum absolute atomic E-state index is 0.202. The van der Waals surface area contributed by atoms with E-state index in [-0.39, 0.29) is 11.6 Å². The molecule has 0 rings (SSSR count). The van der Waals surface area contributed by atoms with Crippen LogP contribution in [-0.2, 0) is 4.74 Å². The Hall–Kier alpha value is -0.730. The fraction of sp³-hybridized carbons (Fsp3) is 0.889. The number of amides is 1. The summed E-state index contributed by atoms with van der Waals surface area (Å²) < 4.78 is 4.78. The topological polar surface area (TPSA) is 38.3 Å². The highest BCUT2D eigenvalue weighted by Gasteiger charge is 2.24. The normalized spacial score (nSPS) is 11.5. The fourth-order valence-electron chi connectivity index (χ4n) is 0.575. The number of ether oxygens (including phenoxy) is 1. The lowest BCUT2D eigenvalue weighted by Gasteiger charge is -2.29. The van der Waals surface area contributed by atoms with Crippen LogP contribution in [0.15, 0.2) is 0 Å². The van der Waals surface area contributed by atoms with Gasteiger partial charge in [-0.15, -0.1) is 0 Å². The number of nitrogens with one attached hydrogen (secondary N) is 1. The Bertz CT molecular complexity index is 153. The maximum absolute atomic E-state index is 11.0. The molecular weight excluding hydrogens is 154 g/mol. The zero-order valence-electron chi connectivity index (χ0n) is 8.60. The molecule has 0 aromatic carbocycles. The van der Waals surface area contributed by atoms with E-state index in [9.17, 15) is 4.79 Å². The van der Waals surface area contributed by atoms with Crippen LogP contribution in [0.3, 0.4) is 0 Å². The van der Waals surface area contributed by atoms with E-state index in [1.807, 2.05) is 13.8 Å². The van der Waals surface area contributed by atoms with E-state index in [1.54, 1.807) is 6.92 Å². The first kappa shape index (κ1) is 11.3. The van der Waals surface area contributed by atoms with Gasteiger partial charge in [-0.2, -0.15) is 0 Å². The number of hydrogen-bond acceptors (Lipinski definition) is 2. The molecule has 0 fully saturated rings. The largest absolute Gasteiger partial charge is 0.450 e. The van der Waals surface area contributed by atoms with Gasteiger partial charge in [0.15, 0.2) is 0 Å². The molecule has 12 heavy (non-hydrogen) atoms. The molecule has 0 saturated carbocycles. The maximum Gasteiger partial charge on any atom is 0.407 e. The Morgan fingerprint density at radius 1 is 1.50 bits per heavy atom. The number of carbonyl (C=O) groups is 1. The minimum Gasteiger partial charge on any atom is -0.450 e. The summed E-state index contributed by atoms with van der Waals surface area (Å²) in [7, 11) is 0. The summed E-state index contributed by atoms with van der Waals surface area (Å²) in [5.41, 5.74) is -0.202. The highest BCUT2D eigenvalue weighted by Crippen LogP contribution is 2.14. The smallest absolute Gasteiger partial charge is 0.407 e. The van der Waals surface area contributed by atoms with Crippen molar-refractivity contribution in [2.45, 2.75) is 40.2 Å². The highest BCUT2D eigenvalue weighted by molar-refractivity contribution is 5.68. The molecule has 0 unspecified atom stereocenters. The van der Waals surface area contributed by atoms with Crippen LogP contribution in [0.4, 0.5) is 4.79 Å². The first-order valence-electron chi connectivity index (χ1n) is 4.35. The van der Waals surface area contributed by atoms with Gasteiger partial charge in [0.25, 0.3) is 0 Å². The third-order valence-electron chi connectivity index (χ3n) is 2.14. The van der Waals surface area contributed by atoms with Gasteiger partial charge in [-0.25, -0.2) is 4.79 Å². The highest BCUT2D eigenvalue weighted by atomic mass is 16.5. The molecule has 1 amide bonds. The first-order valence-corrected chi connectivity index (χ1v) is 4.35. The fourth-order valence-corrected chi connectivity index (χ4v) is 0.575. The summed E-state index contributed by atoms with van der Waals surface area (Å²) in [6.45, 7) is 10.3. The Balaban J connectivity index is 3.97. The van der Waals surface area contributed by atoms with Crippen molar-refractivity contribution < 1.29 is 9.53 Å². The molecule has 0 radical (unpaired) electrons. The predicted molar refractivity (Wildman–Crippen MR) is 49.1 cm³/mol. The molecule has 3 heteroatoms. The van der Waals surface area contributed by atoms with Crippen LogP contribution >= 0.6 is 0 Å². The summed E-state index contributed by atoms with van der Waals surface area (Å²) in [6, 6.07) is 0. The molecule has 0 aliphatic heterocycles. The predicted octanol–water partition coefficient (Wildman–Crippen LogP) is 2.17. The summed E-state index contributed by atoms with van der Waals surface area (Å²) in [4.78, 5) is 11.0. The molecule has 1 N–H and O–H groups in total. The van der Waals surface area contributed by atoms with Crippen LogP contribution in [-0.4, -0.2) is 18.2 Å². The zero-order valence-corrected chi connectivity index (χ0v) is 8.60. The van der Waals surface area contributed by atoms with Crippen LogP contribution in [0.25, 0.3) is 0 Å². The Kier molecular flexibility index (Phi) is 4.07. The molecule has 0 aromatic heterocycles. The van der Waals surface area contributed by atoms with E-state index < -0.39 is 0 Å². The SMILES string of the molecule is CCOC(=O)NC(C)(C)C(C)C. The Labute approximate surface area is 74.5 Å². The van der Waals surface area contributed by atoms with Gasteiger partial charge in [-0.3, -0.25) is 0 Å². The van der Waals surface area contributed by atoms with Gasteiger partial charge in [0, 0.05) is 5.54 Å². The molecule has 72 valence electrons. The van der Waals surface area contributed by atoms with Gasteiger partial charge in [0.2, 0.25) is 0 Å². The molecular formula is C9H19NO2. The lowest BCUT2D eigenvalue weighted by atomic mass is 9.91. The number of hydrogen-bond donors (Lipinski definition) is 1. The summed E-state index contributed by atoms with van der Waals surface area (Å²) in [5, 5.41) is 2.80. The molecule has 0 aliphatic rings. The molecule has 0 saturated heterocycles. The molecule has 0 aromatic rings. The first-order chi connectivity index (χ1) is 5.40. The van der Waals surface area contributed by atoms with Crippen LogP contribution < -0.4 is 5.32 Å². The van der Waals surface area contributed by atoms with Crippen LogP contribution in [0.2, 0.25) is 0 Å². The monoisotopic (exact) mass is 173 g/mol. The van der Waals surface area contributed by atoms with E-state index in [0.717, 1.165) is 0 Å². The second-order valence-electron chi connectivity index (χ2n) is 3.72. The second-order valence-corrected chi connectivity index (χ2v) is 3.72. The van der Waals surface area contributed by atoms with Gasteiger partial charge in [-0.1, -0.05) is 13.8 Å². The third kappa shape index (κ3) is 3.60. The van der Waals surface area contributed by atoms with E-state index in [4.69, 9.17) is 4.74 Å². The van der Waals surface area contributed by atoms with Crippen molar-refractivity contribution in [1.82, 2.24) is 5.32 Å². The molecule has 0 atom stereocenters. The van der Waals surface area contributed by atoms with Gasteiger partial charge in [0.05, 0.1) is 6.61 Å². The second kappa shape index (κ2) is 4.33. The van der Waals surface area contributed by atoms with Crippen molar-refractivity contribution in [3.8, 4) is 0 Å². The van der Waals surface area contributed by atoms with Gasteiger partial charge in [-0.05, 0) is 26.7 Å². The molecule has 3 nitrogen and oxygen atoms in total. The van der Waals surface area contributed by atoms with Crippen LogP contribution in [0.1, 0.15) is 34.6 Å². The van der Waals surface area contributed by atoms with Gasteiger partial charge in [0.1, 0.15) is 0 Å². The van der Waals surface area contributed by atoms with E-state index in [2.05, 4.69) is 19.2 Å². The third-order valence-corrected chi connectivity index (χ3v) is 2.14. The number of carbonyl (C=O) groups excluding carboxylic acids is 1. The summed E-state index contributed by atoms with van der Waals surface area (Å²) >= 11 is 0. The number of rotatable bonds is 3. The average molecular weight is 173 g/mol. The van der Waals surface area contributed by atoms with Crippen molar-refractivity contribution >= 4 is 6.09 Å². The Morgan fingerprint density at radius 2 is 2.00 bits per heavy atom. The van der Waals surface area contributed by atoms with Crippen molar-refractivity contribution in [2.24, 2.45) is 5.92 Å². The summed E-state index contributed by atoms with van der Waals surface area (Å²) in [6.07, 6.45) is -0.337. The standard InChI is InChI=1S/C9H19NO2/c1-6-12-8(11)10-9(4,5)7(2)3/h7H,6H2,1-5H3,(H,10,11). The van der Waals surface area contributed by atoms with Gasteiger partial charge < -0.3 is 10.1 Å². The van der Waals surface area contributed by atoms with Gasteiger partial charge >= 0.3 is 6.09 Å². The minimum atomic E-state index is -0.337. The molecule has 0 aliphatic carbocycles. The van der Waals surface area contributed by atoms with E-state index in [0.29, 0.717) is 12.5 Å². The van der Waals surface area contributed by atoms with Crippen LogP contribution in [0, 0.1) is 5.92 Å². The molecule has 0 heterocycles. The molecule has 0 spiro atoms. The maximum atomic E-state index is 11.0. The Morgan fingerprint density at radius 3 is 2.33 bits per heavy atom. The zero-order chi connectivity index (χ0) is 9.78. The van der Waals surface area contributed by atoms with Crippen molar-refractivity contribution in [1.29, 1.82) is 0 Å². The lowest BCUT2D eigenvalue weighted by molar-refractivity contribution is 0.134. The summed E-state index contributed by atoms with van der Waals surface area (Å²) in [5.74, 6) is 0.391. The van der Waals surface area contributed by atoms with Crippen molar-refractivity contribution in [3.63, 3.8) is 0 Å². The quantitative estimate of drug-likeness (QED) is 0.710. The van der Waals surface area contributed by atoms with Crippen molar-refractivity contribution in [3.05, 3.63) is 0 Å². The van der Waals surface area contributed by atoms with E-state index in [1.165, 1.54) is 0 Å². The molecule has 0 bridgehead atoms. The van der Waals surface area contributed by atoms with Crippen LogP contribution in [0.5, 0.6) is 0 Å². The van der Waals surface area contributed by atoms with E-state index >= 15 is 0 Å².